The van der Waals surface area contributed by atoms with Gasteiger partial charge in [0.25, 0.3) is 0 Å². The molecule has 40 heavy (non-hydrogen) atoms. The largest absolute Gasteiger partial charge is 0.505 e. The Labute approximate surface area is 240 Å². The van der Waals surface area contributed by atoms with Gasteiger partial charge in [-0.1, -0.05) is 23.2 Å². The Balaban J connectivity index is 1.34. The van der Waals surface area contributed by atoms with Gasteiger partial charge in [0, 0.05) is 30.4 Å². The first-order valence-corrected chi connectivity index (χ1v) is 13.9. The molecule has 2 fully saturated rings. The van der Waals surface area contributed by atoms with E-state index in [1.54, 1.807) is 30.5 Å². The van der Waals surface area contributed by atoms with E-state index in [9.17, 15) is 24.6 Å². The molecular formula is C28H29Cl2N5O5. The first-order valence-electron chi connectivity index (χ1n) is 13.2. The summed E-state index contributed by atoms with van der Waals surface area (Å²) in [7, 11) is 0. The molecular weight excluding hydrogens is 557 g/mol. The number of benzene rings is 1. The molecule has 1 aliphatic heterocycles. The lowest BCUT2D eigenvalue weighted by Gasteiger charge is -2.32. The lowest BCUT2D eigenvalue weighted by Crippen LogP contribution is -2.49. The first kappa shape index (κ1) is 27.9. The Bertz CT molecular complexity index is 1470. The number of anilines is 1. The molecule has 1 atom stereocenters. The van der Waals surface area contributed by atoms with Gasteiger partial charge < -0.3 is 20.8 Å². The van der Waals surface area contributed by atoms with Gasteiger partial charge in [-0.15, -0.1) is 0 Å². The normalized spacial score (nSPS) is 20.9. The second kappa shape index (κ2) is 11.5. The van der Waals surface area contributed by atoms with Gasteiger partial charge in [-0.25, -0.2) is 9.78 Å². The van der Waals surface area contributed by atoms with Crippen molar-refractivity contribution >= 4 is 57.7 Å². The Morgan fingerprint density at radius 3 is 2.35 bits per heavy atom. The molecule has 3 heterocycles. The molecule has 2 amide bonds. The zero-order chi connectivity index (χ0) is 28.6. The van der Waals surface area contributed by atoms with E-state index < -0.39 is 12.1 Å². The number of carbonyl (C=O) groups is 3. The second-order valence-corrected chi connectivity index (χ2v) is 11.1. The van der Waals surface area contributed by atoms with E-state index in [4.69, 9.17) is 28.2 Å². The van der Waals surface area contributed by atoms with Crippen LogP contribution in [0.3, 0.4) is 0 Å². The fraction of sp³-hybridized carbons (Fsp3) is 0.393. The number of hydrogen-bond donors (Lipinski definition) is 4. The predicted octanol–water partition coefficient (Wildman–Crippen LogP) is 5.49. The van der Waals surface area contributed by atoms with Crippen molar-refractivity contribution in [1.82, 2.24) is 20.2 Å². The molecule has 12 heteroatoms. The van der Waals surface area contributed by atoms with Crippen LogP contribution in [0.25, 0.3) is 22.3 Å². The van der Waals surface area contributed by atoms with Crippen LogP contribution in [-0.2, 0) is 4.79 Å². The highest BCUT2D eigenvalue weighted by Gasteiger charge is 2.35. The second-order valence-electron chi connectivity index (χ2n) is 10.3. The fourth-order valence-electron chi connectivity index (χ4n) is 5.51. The standard InChI is InChI=1S/C28H29Cl2N5O5/c1-14(36)18-13-31-22-9-8-21(15-11-19(29)26(37)20(30)12-15)34-25(22)24(18)32-16-4-6-17(7-5-16)33-27(38)23-3-2-10-35(23)28(39)40/h8-9,11-13,16-17,23,37H,2-7,10H2,1H3,(H,31,32)(H,33,38)(H,39,40)/t16-,17-,23?. The van der Waals surface area contributed by atoms with Crippen molar-refractivity contribution in [3.8, 4) is 17.0 Å². The Hall–Kier alpha value is -3.63. The van der Waals surface area contributed by atoms with Gasteiger partial charge in [0.1, 0.15) is 11.6 Å². The minimum Gasteiger partial charge on any atom is -0.505 e. The van der Waals surface area contributed by atoms with Crippen molar-refractivity contribution in [2.45, 2.75) is 63.6 Å². The van der Waals surface area contributed by atoms with Gasteiger partial charge in [0.05, 0.1) is 32.5 Å². The molecule has 0 spiro atoms. The summed E-state index contributed by atoms with van der Waals surface area (Å²) in [5.41, 5.74) is 3.29. The summed E-state index contributed by atoms with van der Waals surface area (Å²) in [5, 5.41) is 26.1. The van der Waals surface area contributed by atoms with Crippen LogP contribution in [0.15, 0.2) is 30.5 Å². The van der Waals surface area contributed by atoms with Crippen molar-refractivity contribution < 1.29 is 24.6 Å². The third-order valence-electron chi connectivity index (χ3n) is 7.63. The average Bonchev–Trinajstić information content (AvgIpc) is 3.43. The number of amides is 2. The zero-order valence-electron chi connectivity index (χ0n) is 21.8. The van der Waals surface area contributed by atoms with E-state index in [1.807, 2.05) is 0 Å². The molecule has 210 valence electrons. The quantitative estimate of drug-likeness (QED) is 0.278. The van der Waals surface area contributed by atoms with E-state index in [-0.39, 0.29) is 39.6 Å². The maximum Gasteiger partial charge on any atom is 0.407 e. The average molecular weight is 586 g/mol. The molecule has 0 bridgehead atoms. The van der Waals surface area contributed by atoms with Gasteiger partial charge in [-0.3, -0.25) is 19.5 Å². The number of rotatable bonds is 6. The van der Waals surface area contributed by atoms with E-state index in [0.717, 1.165) is 12.8 Å². The van der Waals surface area contributed by atoms with Crippen molar-refractivity contribution in [3.63, 3.8) is 0 Å². The summed E-state index contributed by atoms with van der Waals surface area (Å²) in [5.74, 6) is -0.591. The van der Waals surface area contributed by atoms with Gasteiger partial charge >= 0.3 is 6.09 Å². The van der Waals surface area contributed by atoms with Crippen molar-refractivity contribution in [2.24, 2.45) is 0 Å². The van der Waals surface area contributed by atoms with Gasteiger partial charge in [0.15, 0.2) is 11.5 Å². The number of phenols is 1. The smallest absolute Gasteiger partial charge is 0.407 e. The van der Waals surface area contributed by atoms with Crippen molar-refractivity contribution in [1.29, 1.82) is 0 Å². The van der Waals surface area contributed by atoms with E-state index in [1.165, 1.54) is 11.8 Å². The third-order valence-corrected chi connectivity index (χ3v) is 8.20. The molecule has 0 radical (unpaired) electrons. The summed E-state index contributed by atoms with van der Waals surface area (Å²) >= 11 is 12.3. The predicted molar refractivity (Wildman–Crippen MR) is 152 cm³/mol. The number of carbonyl (C=O) groups excluding carboxylic acids is 2. The monoisotopic (exact) mass is 585 g/mol. The van der Waals surface area contributed by atoms with Gasteiger partial charge in [0.2, 0.25) is 5.91 Å². The Morgan fingerprint density at radius 1 is 1.02 bits per heavy atom. The number of aromatic hydroxyl groups is 1. The number of ketones is 1. The maximum atomic E-state index is 12.8. The number of likely N-dealkylation sites (tertiary alicyclic amines) is 1. The highest BCUT2D eigenvalue weighted by molar-refractivity contribution is 6.37. The number of hydrogen-bond acceptors (Lipinski definition) is 7. The lowest BCUT2D eigenvalue weighted by molar-refractivity contribution is -0.125. The maximum absolute atomic E-state index is 12.8. The highest BCUT2D eigenvalue weighted by atomic mass is 35.5. The molecule has 10 nitrogen and oxygen atoms in total. The van der Waals surface area contributed by atoms with Crippen molar-refractivity contribution in [3.05, 3.63) is 46.1 Å². The van der Waals surface area contributed by atoms with Crippen LogP contribution in [0.5, 0.6) is 5.75 Å². The molecule has 2 aromatic heterocycles. The molecule has 1 aromatic carbocycles. The number of fused-ring (bicyclic) bond motifs is 1. The number of nitrogens with zero attached hydrogens (tertiary/aromatic N) is 3. The van der Waals surface area contributed by atoms with Crippen molar-refractivity contribution in [2.75, 3.05) is 11.9 Å². The molecule has 5 rings (SSSR count). The Kier molecular flexibility index (Phi) is 8.00. The number of phenolic OH excluding ortho intramolecular Hbond substituents is 1. The summed E-state index contributed by atoms with van der Waals surface area (Å²) in [4.78, 5) is 47.2. The number of carboxylic acid groups (broad SMARTS) is 1. The van der Waals surface area contributed by atoms with E-state index in [0.29, 0.717) is 65.8 Å². The molecule has 1 saturated heterocycles. The summed E-state index contributed by atoms with van der Waals surface area (Å²) in [6.45, 7) is 1.86. The molecule has 1 aliphatic carbocycles. The summed E-state index contributed by atoms with van der Waals surface area (Å²) in [6.07, 6.45) is 4.60. The van der Waals surface area contributed by atoms with E-state index in [2.05, 4.69) is 15.6 Å². The number of aromatic nitrogens is 2. The van der Waals surface area contributed by atoms with Gasteiger partial charge in [-0.05, 0) is 69.7 Å². The minimum atomic E-state index is -1.07. The van der Waals surface area contributed by atoms with Crippen LogP contribution in [0.4, 0.5) is 10.5 Å². The van der Waals surface area contributed by atoms with Crippen LogP contribution in [0.2, 0.25) is 10.0 Å². The minimum absolute atomic E-state index is 0.0295. The SMILES string of the molecule is CC(=O)c1cnc2ccc(-c3cc(Cl)c(O)c(Cl)c3)nc2c1N[C@H]1CC[C@H](NC(=O)C2CCCN2C(=O)O)CC1. The summed E-state index contributed by atoms with van der Waals surface area (Å²) < 4.78 is 0. The van der Waals surface area contributed by atoms with E-state index >= 15 is 0 Å². The third kappa shape index (κ3) is 5.64. The van der Waals surface area contributed by atoms with Crippen LogP contribution in [0.1, 0.15) is 55.8 Å². The summed E-state index contributed by atoms with van der Waals surface area (Å²) in [6, 6.07) is 6.07. The topological polar surface area (TPSA) is 145 Å². The lowest BCUT2D eigenvalue weighted by atomic mass is 9.90. The number of pyridine rings is 2. The number of Topliss-reactive ketones (excluding diaryl/α,β-unsaturated/α-hetero) is 1. The Morgan fingerprint density at radius 2 is 1.70 bits per heavy atom. The highest BCUT2D eigenvalue weighted by Crippen LogP contribution is 2.37. The van der Waals surface area contributed by atoms with Crippen LogP contribution in [-0.4, -0.2) is 67.5 Å². The molecule has 3 aromatic rings. The van der Waals surface area contributed by atoms with Crippen LogP contribution >= 0.6 is 23.2 Å². The molecule has 1 saturated carbocycles. The van der Waals surface area contributed by atoms with Crippen LogP contribution in [0, 0.1) is 0 Å². The fourth-order valence-corrected chi connectivity index (χ4v) is 5.99. The first-order chi connectivity index (χ1) is 19.1. The molecule has 1 unspecified atom stereocenters. The van der Waals surface area contributed by atoms with Gasteiger partial charge in [-0.2, -0.15) is 0 Å². The molecule has 4 N–H and O–H groups in total. The molecule has 2 aliphatic rings. The zero-order valence-corrected chi connectivity index (χ0v) is 23.3. The van der Waals surface area contributed by atoms with Crippen LogP contribution < -0.4 is 10.6 Å². The number of halogens is 2. The number of nitrogens with one attached hydrogen (secondary N) is 2.